The predicted octanol–water partition coefficient (Wildman–Crippen LogP) is 2.48. The van der Waals surface area contributed by atoms with Crippen LogP contribution in [-0.2, 0) is 26.2 Å². The van der Waals surface area contributed by atoms with E-state index in [0.717, 1.165) is 17.8 Å². The van der Waals surface area contributed by atoms with Crippen LogP contribution in [0.3, 0.4) is 0 Å². The third-order valence-electron chi connectivity index (χ3n) is 5.31. The van der Waals surface area contributed by atoms with Gasteiger partial charge in [-0.1, -0.05) is 18.2 Å². The van der Waals surface area contributed by atoms with Gasteiger partial charge < -0.3 is 15.8 Å². The molecule has 1 saturated heterocycles. The van der Waals surface area contributed by atoms with E-state index in [0.29, 0.717) is 12.8 Å². The average Bonchev–Trinajstić information content (AvgIpc) is 2.83. The van der Waals surface area contributed by atoms with E-state index in [1.807, 2.05) is 30.3 Å². The monoisotopic (exact) mass is 486 g/mol. The molecule has 3 aromatic rings. The average molecular weight is 487 g/mol. The summed E-state index contributed by atoms with van der Waals surface area (Å²) in [5.41, 5.74) is 6.51. The SMILES string of the molecule is Nc1nc(COC(=O)C2CCN(S(=O)(=O)c3ccc(F)cc3)CC2)nc(Nc2ccccc2)n1. The number of hydrogen-bond acceptors (Lipinski definition) is 9. The van der Waals surface area contributed by atoms with Crippen molar-refractivity contribution in [1.29, 1.82) is 0 Å². The molecule has 0 spiro atoms. The van der Waals surface area contributed by atoms with Gasteiger partial charge in [-0.3, -0.25) is 4.79 Å². The first kappa shape index (κ1) is 23.5. The van der Waals surface area contributed by atoms with Gasteiger partial charge in [0.2, 0.25) is 21.9 Å². The summed E-state index contributed by atoms with van der Waals surface area (Å²) in [5, 5.41) is 3.01. The molecule has 10 nitrogen and oxygen atoms in total. The van der Waals surface area contributed by atoms with Crippen molar-refractivity contribution in [3.05, 3.63) is 66.2 Å². The highest BCUT2D eigenvalue weighted by molar-refractivity contribution is 7.89. The number of carbonyl (C=O) groups is 1. The maximum absolute atomic E-state index is 13.1. The summed E-state index contributed by atoms with van der Waals surface area (Å²) in [6.07, 6.45) is 0.610. The number of carbonyl (C=O) groups excluding carboxylic acids is 1. The molecule has 0 aliphatic carbocycles. The van der Waals surface area contributed by atoms with Gasteiger partial charge >= 0.3 is 5.97 Å². The van der Waals surface area contributed by atoms with Crippen molar-refractivity contribution in [2.45, 2.75) is 24.3 Å². The van der Waals surface area contributed by atoms with Crippen LogP contribution in [0.1, 0.15) is 18.7 Å². The van der Waals surface area contributed by atoms with Crippen LogP contribution >= 0.6 is 0 Å². The zero-order chi connectivity index (χ0) is 24.1. The lowest BCUT2D eigenvalue weighted by molar-refractivity contribution is -0.151. The van der Waals surface area contributed by atoms with Crippen molar-refractivity contribution < 1.29 is 22.3 Å². The van der Waals surface area contributed by atoms with Gasteiger partial charge in [0.15, 0.2) is 12.4 Å². The molecule has 178 valence electrons. The molecular weight excluding hydrogens is 463 g/mol. The normalized spacial score (nSPS) is 15.1. The van der Waals surface area contributed by atoms with Gasteiger partial charge in [0.25, 0.3) is 0 Å². The summed E-state index contributed by atoms with van der Waals surface area (Å²) >= 11 is 0. The highest BCUT2D eigenvalue weighted by Crippen LogP contribution is 2.25. The Labute approximate surface area is 196 Å². The number of nitrogen functional groups attached to an aromatic ring is 1. The number of esters is 1. The Bertz CT molecular complexity index is 1250. The second kappa shape index (κ2) is 10.1. The lowest BCUT2D eigenvalue weighted by Gasteiger charge is -2.30. The molecule has 0 atom stereocenters. The molecule has 12 heteroatoms. The first-order chi connectivity index (χ1) is 16.3. The van der Waals surface area contributed by atoms with Crippen LogP contribution in [0.2, 0.25) is 0 Å². The molecule has 0 radical (unpaired) electrons. The number of benzene rings is 2. The summed E-state index contributed by atoms with van der Waals surface area (Å²) in [7, 11) is -3.75. The summed E-state index contributed by atoms with van der Waals surface area (Å²) < 4.78 is 45.2. The number of halogens is 1. The second-order valence-electron chi connectivity index (χ2n) is 7.66. The maximum Gasteiger partial charge on any atom is 0.309 e. The quantitative estimate of drug-likeness (QED) is 0.482. The van der Waals surface area contributed by atoms with Gasteiger partial charge in [0.05, 0.1) is 10.8 Å². The van der Waals surface area contributed by atoms with Gasteiger partial charge in [-0.05, 0) is 49.2 Å². The Morgan fingerprint density at radius 2 is 1.74 bits per heavy atom. The molecule has 1 aromatic heterocycles. The lowest BCUT2D eigenvalue weighted by atomic mass is 9.98. The third-order valence-corrected chi connectivity index (χ3v) is 7.22. The van der Waals surface area contributed by atoms with E-state index in [9.17, 15) is 17.6 Å². The lowest BCUT2D eigenvalue weighted by Crippen LogP contribution is -2.40. The number of para-hydroxylation sites is 1. The molecule has 1 aliphatic heterocycles. The Morgan fingerprint density at radius 1 is 1.06 bits per heavy atom. The Morgan fingerprint density at radius 3 is 2.41 bits per heavy atom. The Balaban J connectivity index is 1.32. The number of anilines is 3. The van der Waals surface area contributed by atoms with Crippen molar-refractivity contribution in [3.8, 4) is 0 Å². The van der Waals surface area contributed by atoms with Gasteiger partial charge in [-0.2, -0.15) is 19.3 Å². The standard InChI is InChI=1S/C22H23FN6O4S/c23-16-6-8-18(9-7-16)34(31,32)29-12-10-15(11-13-29)20(30)33-14-19-26-21(24)28-22(27-19)25-17-4-2-1-3-5-17/h1-9,15H,10-14H2,(H3,24,25,26,27,28). The zero-order valence-corrected chi connectivity index (χ0v) is 18.9. The van der Waals surface area contributed by atoms with Crippen molar-refractivity contribution in [1.82, 2.24) is 19.3 Å². The van der Waals surface area contributed by atoms with Crippen LogP contribution in [0, 0.1) is 11.7 Å². The summed E-state index contributed by atoms with van der Waals surface area (Å²) in [5.74, 6) is -1.03. The van der Waals surface area contributed by atoms with Crippen LogP contribution < -0.4 is 11.1 Å². The number of sulfonamides is 1. The largest absolute Gasteiger partial charge is 0.457 e. The fraction of sp³-hybridized carbons (Fsp3) is 0.273. The fourth-order valence-corrected chi connectivity index (χ4v) is 5.02. The predicted molar refractivity (Wildman–Crippen MR) is 122 cm³/mol. The number of nitrogens with zero attached hydrogens (tertiary/aromatic N) is 4. The van der Waals surface area contributed by atoms with Crippen molar-refractivity contribution in [2.24, 2.45) is 5.92 Å². The van der Waals surface area contributed by atoms with Crippen molar-refractivity contribution in [2.75, 3.05) is 24.1 Å². The number of rotatable bonds is 7. The molecule has 1 fully saturated rings. The van der Waals surface area contributed by atoms with Gasteiger partial charge in [0, 0.05) is 18.8 Å². The molecule has 0 bridgehead atoms. The fourth-order valence-electron chi connectivity index (χ4n) is 3.55. The molecule has 2 heterocycles. The summed E-state index contributed by atoms with van der Waals surface area (Å²) in [6.45, 7) is 0.121. The summed E-state index contributed by atoms with van der Waals surface area (Å²) in [6, 6.07) is 13.9. The van der Waals surface area contributed by atoms with E-state index >= 15 is 0 Å². The minimum atomic E-state index is -3.75. The summed E-state index contributed by atoms with van der Waals surface area (Å²) in [4.78, 5) is 24.8. The van der Waals surface area contributed by atoms with Crippen LogP contribution in [0.5, 0.6) is 0 Å². The number of piperidine rings is 1. The number of nitrogens with one attached hydrogen (secondary N) is 1. The molecule has 34 heavy (non-hydrogen) atoms. The van der Waals surface area contributed by atoms with E-state index in [-0.39, 0.29) is 42.3 Å². The minimum Gasteiger partial charge on any atom is -0.457 e. The van der Waals surface area contributed by atoms with Crippen molar-refractivity contribution >= 4 is 33.6 Å². The van der Waals surface area contributed by atoms with E-state index < -0.39 is 27.7 Å². The first-order valence-electron chi connectivity index (χ1n) is 10.6. The van der Waals surface area contributed by atoms with Crippen LogP contribution in [-0.4, -0.2) is 46.7 Å². The number of aromatic nitrogens is 3. The van der Waals surface area contributed by atoms with Crippen LogP contribution in [0.15, 0.2) is 59.5 Å². The molecule has 4 rings (SSSR count). The second-order valence-corrected chi connectivity index (χ2v) is 9.60. The zero-order valence-electron chi connectivity index (χ0n) is 18.1. The minimum absolute atomic E-state index is 0.0150. The molecule has 3 N–H and O–H groups in total. The Hall–Kier alpha value is -3.64. The molecule has 2 aromatic carbocycles. The number of hydrogen-bond donors (Lipinski definition) is 2. The molecule has 0 unspecified atom stereocenters. The van der Waals surface area contributed by atoms with E-state index in [2.05, 4.69) is 20.3 Å². The molecule has 0 amide bonds. The smallest absolute Gasteiger partial charge is 0.309 e. The third kappa shape index (κ3) is 5.64. The number of nitrogens with two attached hydrogens (primary N) is 1. The highest BCUT2D eigenvalue weighted by Gasteiger charge is 2.33. The van der Waals surface area contributed by atoms with E-state index in [4.69, 9.17) is 10.5 Å². The van der Waals surface area contributed by atoms with E-state index in [1.54, 1.807) is 0 Å². The first-order valence-corrected chi connectivity index (χ1v) is 12.0. The van der Waals surface area contributed by atoms with Gasteiger partial charge in [-0.15, -0.1) is 0 Å². The van der Waals surface area contributed by atoms with Crippen LogP contribution in [0.4, 0.5) is 22.0 Å². The number of ether oxygens (including phenoxy) is 1. The van der Waals surface area contributed by atoms with Gasteiger partial charge in [0.1, 0.15) is 5.82 Å². The molecular formula is C22H23FN6O4S. The Kier molecular flexibility index (Phi) is 6.98. The van der Waals surface area contributed by atoms with Crippen molar-refractivity contribution in [3.63, 3.8) is 0 Å². The van der Waals surface area contributed by atoms with Gasteiger partial charge in [-0.25, -0.2) is 12.8 Å². The van der Waals surface area contributed by atoms with E-state index in [1.165, 1.54) is 16.4 Å². The highest BCUT2D eigenvalue weighted by atomic mass is 32.2. The molecule has 1 aliphatic rings. The maximum atomic E-state index is 13.1. The molecule has 0 saturated carbocycles. The van der Waals surface area contributed by atoms with Crippen LogP contribution in [0.25, 0.3) is 0 Å². The topological polar surface area (TPSA) is 140 Å².